The highest BCUT2D eigenvalue weighted by Crippen LogP contribution is 2.23. The average molecular weight is 333 g/mol. The Hall–Kier alpha value is -2.02. The lowest BCUT2D eigenvalue weighted by atomic mass is 10.1. The summed E-state index contributed by atoms with van der Waals surface area (Å²) in [5.41, 5.74) is 2.98. The van der Waals surface area contributed by atoms with Crippen molar-refractivity contribution in [1.29, 1.82) is 0 Å². The van der Waals surface area contributed by atoms with Crippen LogP contribution in [0, 0.1) is 13.8 Å². The van der Waals surface area contributed by atoms with E-state index in [0.717, 1.165) is 35.5 Å². The van der Waals surface area contributed by atoms with Gasteiger partial charge in [-0.2, -0.15) is 0 Å². The molecule has 0 saturated carbocycles. The molecule has 7 heteroatoms. The van der Waals surface area contributed by atoms with E-state index < -0.39 is 0 Å². The number of carbonyl (C=O) groups excluding carboxylic acids is 1. The zero-order valence-electron chi connectivity index (χ0n) is 14.0. The monoisotopic (exact) mass is 333 g/mol. The predicted octanol–water partition coefficient (Wildman–Crippen LogP) is 2.68. The summed E-state index contributed by atoms with van der Waals surface area (Å²) >= 11 is 1.31. The number of rotatable bonds is 6. The lowest BCUT2D eigenvalue weighted by molar-refractivity contribution is -0.115. The maximum absolute atomic E-state index is 12.4. The number of thioether (sulfide) groups is 1. The number of hydrogen-bond acceptors (Lipinski definition) is 5. The summed E-state index contributed by atoms with van der Waals surface area (Å²) in [6.45, 7) is 7.86. The molecule has 0 bridgehead atoms. The van der Waals surface area contributed by atoms with Gasteiger partial charge in [0.1, 0.15) is 0 Å². The Kier molecular flexibility index (Phi) is 5.65. The van der Waals surface area contributed by atoms with E-state index in [1.165, 1.54) is 16.4 Å². The van der Waals surface area contributed by atoms with Gasteiger partial charge in [0, 0.05) is 12.1 Å². The van der Waals surface area contributed by atoms with Gasteiger partial charge in [0.25, 0.3) is 0 Å². The molecule has 2 rings (SSSR count). The Morgan fingerprint density at radius 1 is 1.39 bits per heavy atom. The lowest BCUT2D eigenvalue weighted by Crippen LogP contribution is -2.24. The molecule has 1 aromatic heterocycles. The second-order valence-electron chi connectivity index (χ2n) is 5.59. The number of aryl methyl sites for hydroxylation is 3. The molecule has 1 amide bonds. The van der Waals surface area contributed by atoms with E-state index in [0.29, 0.717) is 5.16 Å². The van der Waals surface area contributed by atoms with Crippen LogP contribution in [0.25, 0.3) is 0 Å². The number of benzene rings is 1. The van der Waals surface area contributed by atoms with Crippen LogP contribution in [0.2, 0.25) is 0 Å². The number of nitrogens with two attached hydrogens (primary N) is 1. The Bertz CT molecular complexity index is 698. The average Bonchev–Trinajstić information content (AvgIpc) is 2.84. The van der Waals surface area contributed by atoms with Crippen molar-refractivity contribution in [2.75, 3.05) is 11.2 Å². The Morgan fingerprint density at radius 3 is 2.83 bits per heavy atom. The largest absolute Gasteiger partial charge is 0.336 e. The Labute approximate surface area is 140 Å². The van der Waals surface area contributed by atoms with Crippen LogP contribution in [-0.4, -0.2) is 26.0 Å². The van der Waals surface area contributed by atoms with E-state index in [2.05, 4.69) is 22.4 Å². The van der Waals surface area contributed by atoms with Crippen LogP contribution in [0.3, 0.4) is 0 Å². The fraction of sp³-hybridized carbons (Fsp3) is 0.438. The van der Waals surface area contributed by atoms with Crippen molar-refractivity contribution in [3.05, 3.63) is 35.2 Å². The number of nitrogen functional groups attached to an aromatic ring is 1. The first kappa shape index (κ1) is 17.3. The molecule has 0 radical (unpaired) electrons. The summed E-state index contributed by atoms with van der Waals surface area (Å²) in [5.74, 6) is 6.63. The highest BCUT2D eigenvalue weighted by molar-refractivity contribution is 8.00. The van der Waals surface area contributed by atoms with Gasteiger partial charge in [0.05, 0.1) is 5.25 Å². The minimum atomic E-state index is -0.323. The summed E-state index contributed by atoms with van der Waals surface area (Å²) in [7, 11) is 0. The van der Waals surface area contributed by atoms with Gasteiger partial charge in [-0.1, -0.05) is 30.8 Å². The zero-order valence-corrected chi connectivity index (χ0v) is 14.8. The smallest absolute Gasteiger partial charge is 0.237 e. The van der Waals surface area contributed by atoms with Crippen LogP contribution < -0.4 is 11.2 Å². The topological polar surface area (TPSA) is 85.8 Å². The first-order valence-electron chi connectivity index (χ1n) is 7.66. The van der Waals surface area contributed by atoms with Crippen molar-refractivity contribution in [1.82, 2.24) is 14.9 Å². The maximum atomic E-state index is 12.4. The minimum absolute atomic E-state index is 0.0799. The third-order valence-corrected chi connectivity index (χ3v) is 4.57. The molecule has 0 saturated heterocycles. The molecular formula is C16H23N5OS. The van der Waals surface area contributed by atoms with Gasteiger partial charge in [-0.3, -0.25) is 4.79 Å². The van der Waals surface area contributed by atoms with Crippen molar-refractivity contribution < 1.29 is 4.79 Å². The molecule has 0 aliphatic carbocycles. The van der Waals surface area contributed by atoms with Gasteiger partial charge in [-0.05, 0) is 44.4 Å². The fourth-order valence-electron chi connectivity index (χ4n) is 2.10. The molecule has 1 heterocycles. The Balaban J connectivity index is 2.04. The van der Waals surface area contributed by atoms with Gasteiger partial charge in [0.2, 0.25) is 11.1 Å². The first-order chi connectivity index (χ1) is 10.9. The van der Waals surface area contributed by atoms with E-state index in [-0.39, 0.29) is 11.2 Å². The van der Waals surface area contributed by atoms with Crippen LogP contribution in [-0.2, 0) is 11.2 Å². The molecule has 2 aromatic rings. The second kappa shape index (κ2) is 7.50. The number of hydrogen-bond donors (Lipinski definition) is 2. The normalized spacial score (nSPS) is 12.2. The van der Waals surface area contributed by atoms with Crippen LogP contribution in [0.5, 0.6) is 0 Å². The van der Waals surface area contributed by atoms with E-state index >= 15 is 0 Å². The van der Waals surface area contributed by atoms with Gasteiger partial charge in [-0.25, -0.2) is 4.68 Å². The molecule has 1 atom stereocenters. The quantitative estimate of drug-likeness (QED) is 0.627. The predicted molar refractivity (Wildman–Crippen MR) is 94.0 cm³/mol. The highest BCUT2D eigenvalue weighted by Gasteiger charge is 2.19. The highest BCUT2D eigenvalue weighted by atomic mass is 32.2. The fourth-order valence-corrected chi connectivity index (χ4v) is 2.89. The van der Waals surface area contributed by atoms with Crippen molar-refractivity contribution >= 4 is 23.4 Å². The van der Waals surface area contributed by atoms with Gasteiger partial charge in [0.15, 0.2) is 5.82 Å². The molecule has 0 unspecified atom stereocenters. The number of aromatic nitrogens is 3. The molecule has 1 aromatic carbocycles. The number of carbonyl (C=O) groups is 1. The van der Waals surface area contributed by atoms with E-state index in [9.17, 15) is 4.79 Å². The number of nitrogens with zero attached hydrogens (tertiary/aromatic N) is 3. The Morgan fingerprint density at radius 2 is 2.13 bits per heavy atom. The van der Waals surface area contributed by atoms with Crippen molar-refractivity contribution in [3.63, 3.8) is 0 Å². The molecule has 0 aliphatic rings. The lowest BCUT2D eigenvalue weighted by Gasteiger charge is -2.13. The van der Waals surface area contributed by atoms with Gasteiger partial charge >= 0.3 is 0 Å². The number of nitrogens with one attached hydrogen (secondary N) is 1. The molecular weight excluding hydrogens is 310 g/mol. The summed E-state index contributed by atoms with van der Waals surface area (Å²) in [4.78, 5) is 12.4. The van der Waals surface area contributed by atoms with Crippen LogP contribution in [0.15, 0.2) is 23.4 Å². The van der Waals surface area contributed by atoms with E-state index in [1.54, 1.807) is 0 Å². The molecule has 0 aliphatic heterocycles. The summed E-state index contributed by atoms with van der Waals surface area (Å²) in [5, 5.41) is 11.3. The van der Waals surface area contributed by atoms with E-state index in [1.807, 2.05) is 39.0 Å². The van der Waals surface area contributed by atoms with Crippen molar-refractivity contribution in [2.24, 2.45) is 0 Å². The standard InChI is InChI=1S/C16H23N5OS/c1-5-6-14-19-20-16(21(14)17)23-12(4)15(22)18-13-9-10(2)7-8-11(13)3/h7-9,12H,5-6,17H2,1-4H3,(H,18,22)/t12-/m1/s1. The molecule has 3 N–H and O–H groups in total. The SMILES string of the molecule is CCCc1nnc(S[C@H](C)C(=O)Nc2cc(C)ccc2C)n1N. The van der Waals surface area contributed by atoms with Crippen molar-refractivity contribution in [3.8, 4) is 0 Å². The third-order valence-electron chi connectivity index (χ3n) is 3.51. The van der Waals surface area contributed by atoms with Crippen molar-refractivity contribution in [2.45, 2.75) is 50.9 Å². The van der Waals surface area contributed by atoms with Gasteiger partial charge in [-0.15, -0.1) is 10.2 Å². The van der Waals surface area contributed by atoms with Crippen LogP contribution >= 0.6 is 11.8 Å². The van der Waals surface area contributed by atoms with Crippen LogP contribution in [0.1, 0.15) is 37.2 Å². The zero-order chi connectivity index (χ0) is 17.0. The number of amides is 1. The molecule has 0 fully saturated rings. The molecule has 0 spiro atoms. The molecule has 23 heavy (non-hydrogen) atoms. The maximum Gasteiger partial charge on any atom is 0.237 e. The second-order valence-corrected chi connectivity index (χ2v) is 6.89. The number of anilines is 1. The minimum Gasteiger partial charge on any atom is -0.336 e. The first-order valence-corrected chi connectivity index (χ1v) is 8.54. The molecule has 6 nitrogen and oxygen atoms in total. The summed E-state index contributed by atoms with van der Waals surface area (Å²) in [6.07, 6.45) is 1.72. The van der Waals surface area contributed by atoms with E-state index in [4.69, 9.17) is 5.84 Å². The summed E-state index contributed by atoms with van der Waals surface area (Å²) in [6, 6.07) is 5.99. The van der Waals surface area contributed by atoms with Crippen LogP contribution in [0.4, 0.5) is 5.69 Å². The third kappa shape index (κ3) is 4.25. The summed E-state index contributed by atoms with van der Waals surface area (Å²) < 4.78 is 1.47. The van der Waals surface area contributed by atoms with Gasteiger partial charge < -0.3 is 11.2 Å². The molecule has 124 valence electrons.